The van der Waals surface area contributed by atoms with Crippen molar-refractivity contribution < 1.29 is 9.21 Å². The zero-order valence-electron chi connectivity index (χ0n) is 13.4. The van der Waals surface area contributed by atoms with Gasteiger partial charge in [0.05, 0.1) is 6.04 Å². The SMILES string of the molecule is CC(C)CC(N)c1nc(C(=O)NCCc2ccc(Br)cc2)co1. The van der Waals surface area contributed by atoms with Crippen LogP contribution in [0.5, 0.6) is 0 Å². The van der Waals surface area contributed by atoms with Crippen molar-refractivity contribution in [3.05, 3.63) is 52.1 Å². The van der Waals surface area contributed by atoms with Crippen LogP contribution in [-0.4, -0.2) is 17.4 Å². The van der Waals surface area contributed by atoms with Crippen LogP contribution in [-0.2, 0) is 6.42 Å². The number of benzene rings is 1. The Morgan fingerprint density at radius 2 is 2.04 bits per heavy atom. The Morgan fingerprint density at radius 3 is 2.70 bits per heavy atom. The minimum Gasteiger partial charge on any atom is -0.446 e. The van der Waals surface area contributed by atoms with E-state index >= 15 is 0 Å². The fourth-order valence-electron chi connectivity index (χ4n) is 2.23. The van der Waals surface area contributed by atoms with E-state index in [-0.39, 0.29) is 17.6 Å². The molecule has 3 N–H and O–H groups in total. The molecular weight excluding hydrogens is 358 g/mol. The molecule has 0 saturated heterocycles. The third-order valence-corrected chi connectivity index (χ3v) is 3.94. The summed E-state index contributed by atoms with van der Waals surface area (Å²) in [7, 11) is 0. The van der Waals surface area contributed by atoms with Gasteiger partial charge in [0.2, 0.25) is 5.89 Å². The summed E-state index contributed by atoms with van der Waals surface area (Å²) in [5.74, 6) is 0.616. The molecule has 1 aromatic heterocycles. The first kappa shape index (κ1) is 17.7. The van der Waals surface area contributed by atoms with Crippen molar-refractivity contribution in [3.63, 3.8) is 0 Å². The topological polar surface area (TPSA) is 81.1 Å². The van der Waals surface area contributed by atoms with Gasteiger partial charge in [0.1, 0.15) is 6.26 Å². The third kappa shape index (κ3) is 5.48. The lowest BCUT2D eigenvalue weighted by Crippen LogP contribution is -2.26. The number of aromatic nitrogens is 1. The molecule has 0 fully saturated rings. The second-order valence-electron chi connectivity index (χ2n) is 5.94. The van der Waals surface area contributed by atoms with E-state index in [0.29, 0.717) is 18.4 Å². The van der Waals surface area contributed by atoms with Gasteiger partial charge in [-0.3, -0.25) is 4.79 Å². The summed E-state index contributed by atoms with van der Waals surface area (Å²) in [4.78, 5) is 16.3. The van der Waals surface area contributed by atoms with Crippen LogP contribution in [0.3, 0.4) is 0 Å². The zero-order chi connectivity index (χ0) is 16.8. The van der Waals surface area contributed by atoms with Gasteiger partial charge in [-0.05, 0) is 36.5 Å². The Hall–Kier alpha value is -1.66. The first-order chi connectivity index (χ1) is 11.0. The second-order valence-corrected chi connectivity index (χ2v) is 6.86. The first-order valence-electron chi connectivity index (χ1n) is 7.69. The van der Waals surface area contributed by atoms with E-state index in [1.54, 1.807) is 0 Å². The van der Waals surface area contributed by atoms with E-state index in [0.717, 1.165) is 22.9 Å². The summed E-state index contributed by atoms with van der Waals surface area (Å²) in [5, 5.41) is 2.84. The molecule has 2 rings (SSSR count). The molecule has 0 saturated carbocycles. The Labute approximate surface area is 144 Å². The Bertz CT molecular complexity index is 638. The van der Waals surface area contributed by atoms with Crippen LogP contribution in [0.25, 0.3) is 0 Å². The number of nitrogens with two attached hydrogens (primary N) is 1. The Balaban J connectivity index is 1.84. The Kier molecular flexibility index (Phi) is 6.36. The fourth-order valence-corrected chi connectivity index (χ4v) is 2.50. The zero-order valence-corrected chi connectivity index (χ0v) is 15.0. The lowest BCUT2D eigenvalue weighted by atomic mass is 10.0. The fraction of sp³-hybridized carbons (Fsp3) is 0.412. The molecule has 1 aromatic carbocycles. The van der Waals surface area contributed by atoms with Gasteiger partial charge in [0, 0.05) is 11.0 Å². The number of hydrogen-bond acceptors (Lipinski definition) is 4. The van der Waals surface area contributed by atoms with Gasteiger partial charge >= 0.3 is 0 Å². The van der Waals surface area contributed by atoms with Crippen LogP contribution in [0.4, 0.5) is 0 Å². The number of halogens is 1. The number of nitrogens with zero attached hydrogens (tertiary/aromatic N) is 1. The van der Waals surface area contributed by atoms with E-state index in [2.05, 4.69) is 40.1 Å². The molecule has 0 aliphatic rings. The van der Waals surface area contributed by atoms with Crippen molar-refractivity contribution in [2.45, 2.75) is 32.7 Å². The van der Waals surface area contributed by atoms with Gasteiger partial charge in [-0.2, -0.15) is 0 Å². The average Bonchev–Trinajstić information content (AvgIpc) is 2.98. The highest BCUT2D eigenvalue weighted by molar-refractivity contribution is 9.10. The van der Waals surface area contributed by atoms with Crippen molar-refractivity contribution >= 4 is 21.8 Å². The van der Waals surface area contributed by atoms with E-state index in [1.165, 1.54) is 6.26 Å². The molecule has 0 bridgehead atoms. The summed E-state index contributed by atoms with van der Waals surface area (Å²) in [5.41, 5.74) is 7.44. The normalized spacial score (nSPS) is 12.4. The molecule has 1 atom stereocenters. The number of carbonyl (C=O) groups excluding carboxylic acids is 1. The summed E-state index contributed by atoms with van der Waals surface area (Å²) < 4.78 is 6.36. The van der Waals surface area contributed by atoms with Gasteiger partial charge in [-0.15, -0.1) is 0 Å². The van der Waals surface area contributed by atoms with Gasteiger partial charge in [-0.1, -0.05) is 41.9 Å². The molecule has 23 heavy (non-hydrogen) atoms. The maximum absolute atomic E-state index is 12.1. The second kappa shape index (κ2) is 8.26. The van der Waals surface area contributed by atoms with Crippen LogP contribution < -0.4 is 11.1 Å². The first-order valence-corrected chi connectivity index (χ1v) is 8.48. The largest absolute Gasteiger partial charge is 0.446 e. The number of carbonyl (C=O) groups is 1. The molecule has 0 spiro atoms. The van der Waals surface area contributed by atoms with E-state index < -0.39 is 0 Å². The smallest absolute Gasteiger partial charge is 0.273 e. The van der Waals surface area contributed by atoms with E-state index in [4.69, 9.17) is 10.2 Å². The number of rotatable bonds is 7. The molecule has 1 amide bonds. The van der Waals surface area contributed by atoms with Crippen molar-refractivity contribution in [2.75, 3.05) is 6.54 Å². The van der Waals surface area contributed by atoms with Crippen LogP contribution in [0.1, 0.15) is 48.3 Å². The van der Waals surface area contributed by atoms with Gasteiger partial charge < -0.3 is 15.5 Å². The maximum Gasteiger partial charge on any atom is 0.273 e. The summed E-state index contributed by atoms with van der Waals surface area (Å²) >= 11 is 3.40. The Morgan fingerprint density at radius 1 is 1.35 bits per heavy atom. The van der Waals surface area contributed by atoms with Crippen LogP contribution >= 0.6 is 15.9 Å². The number of amides is 1. The van der Waals surface area contributed by atoms with Crippen molar-refractivity contribution in [1.82, 2.24) is 10.3 Å². The lowest BCUT2D eigenvalue weighted by molar-refractivity contribution is 0.0949. The lowest BCUT2D eigenvalue weighted by Gasteiger charge is -2.09. The molecule has 1 heterocycles. The van der Waals surface area contributed by atoms with E-state index in [9.17, 15) is 4.79 Å². The predicted octanol–water partition coefficient (Wildman–Crippen LogP) is 3.46. The van der Waals surface area contributed by atoms with Gasteiger partial charge in [-0.25, -0.2) is 4.98 Å². The number of oxazole rings is 1. The molecule has 0 aliphatic carbocycles. The maximum atomic E-state index is 12.1. The quantitative estimate of drug-likeness (QED) is 0.771. The molecule has 2 aromatic rings. The van der Waals surface area contributed by atoms with Crippen molar-refractivity contribution in [2.24, 2.45) is 11.7 Å². The van der Waals surface area contributed by atoms with Crippen LogP contribution in [0, 0.1) is 5.92 Å². The minimum atomic E-state index is -0.278. The molecule has 124 valence electrons. The van der Waals surface area contributed by atoms with Gasteiger partial charge in [0.15, 0.2) is 5.69 Å². The molecule has 0 aliphatic heterocycles. The van der Waals surface area contributed by atoms with Crippen molar-refractivity contribution in [3.8, 4) is 0 Å². The predicted molar refractivity (Wildman–Crippen MR) is 93.1 cm³/mol. The van der Waals surface area contributed by atoms with Gasteiger partial charge in [0.25, 0.3) is 5.91 Å². The minimum absolute atomic E-state index is 0.242. The molecule has 1 unspecified atom stereocenters. The highest BCUT2D eigenvalue weighted by atomic mass is 79.9. The molecular formula is C17H22BrN3O2. The van der Waals surface area contributed by atoms with E-state index in [1.807, 2.05) is 24.3 Å². The number of nitrogens with one attached hydrogen (secondary N) is 1. The summed E-state index contributed by atoms with van der Waals surface area (Å²) in [6, 6.07) is 7.73. The third-order valence-electron chi connectivity index (χ3n) is 3.41. The summed E-state index contributed by atoms with van der Waals surface area (Å²) in [6.07, 6.45) is 2.90. The standard InChI is InChI=1S/C17H22BrN3O2/c1-11(2)9-14(19)17-21-15(10-23-17)16(22)20-8-7-12-3-5-13(18)6-4-12/h3-6,10-11,14H,7-9,19H2,1-2H3,(H,20,22). The monoisotopic (exact) mass is 379 g/mol. The molecule has 0 radical (unpaired) electrons. The molecule has 6 heteroatoms. The summed E-state index contributed by atoms with van der Waals surface area (Å²) in [6.45, 7) is 4.71. The van der Waals surface area contributed by atoms with Crippen LogP contribution in [0.15, 0.2) is 39.4 Å². The average molecular weight is 380 g/mol. The molecule has 5 nitrogen and oxygen atoms in total. The highest BCUT2D eigenvalue weighted by Crippen LogP contribution is 2.18. The van der Waals surface area contributed by atoms with Crippen LogP contribution in [0.2, 0.25) is 0 Å². The highest BCUT2D eigenvalue weighted by Gasteiger charge is 2.17. The van der Waals surface area contributed by atoms with Crippen molar-refractivity contribution in [1.29, 1.82) is 0 Å². The number of hydrogen-bond donors (Lipinski definition) is 2.